The van der Waals surface area contributed by atoms with E-state index in [4.69, 9.17) is 14.4 Å². The Morgan fingerprint density at radius 3 is 2.70 bits per heavy atom. The maximum absolute atomic E-state index is 12.0. The number of nitrogens with zero attached hydrogens (tertiary/aromatic N) is 1. The Labute approximate surface area is 131 Å². The second-order valence-corrected chi connectivity index (χ2v) is 4.84. The Kier molecular flexibility index (Phi) is 3.89. The number of hydrogen-bond donors (Lipinski definition) is 0. The van der Waals surface area contributed by atoms with Gasteiger partial charge >= 0.3 is 5.97 Å². The molecule has 0 spiro atoms. The average molecular weight is 305 g/mol. The molecule has 5 heteroatoms. The van der Waals surface area contributed by atoms with E-state index in [-0.39, 0.29) is 11.3 Å². The second kappa shape index (κ2) is 6.16. The van der Waals surface area contributed by atoms with Crippen molar-refractivity contribution in [2.45, 2.75) is 0 Å². The Morgan fingerprint density at radius 2 is 1.91 bits per heavy atom. The van der Waals surface area contributed by atoms with E-state index in [1.807, 2.05) is 24.3 Å². The molecule has 0 aliphatic heterocycles. The van der Waals surface area contributed by atoms with Gasteiger partial charge in [-0.05, 0) is 30.3 Å². The molecule has 0 saturated heterocycles. The van der Waals surface area contributed by atoms with Gasteiger partial charge in [0.1, 0.15) is 5.58 Å². The van der Waals surface area contributed by atoms with Crippen LogP contribution in [0.1, 0.15) is 26.5 Å². The first-order chi connectivity index (χ1) is 11.2. The van der Waals surface area contributed by atoms with E-state index in [9.17, 15) is 9.59 Å². The zero-order valence-electron chi connectivity index (χ0n) is 12.0. The minimum atomic E-state index is -0.661. The highest BCUT2D eigenvalue weighted by atomic mass is 16.5. The van der Waals surface area contributed by atoms with Crippen LogP contribution in [-0.4, -0.2) is 18.4 Å². The molecule has 0 bridgehead atoms. The third kappa shape index (κ3) is 3.11. The quantitative estimate of drug-likeness (QED) is 0.545. The number of nitriles is 1. The normalized spacial score (nSPS) is 10.2. The standard InChI is InChI=1S/C18H11NO4/c19-10-12-4-3-6-14(8-12)18(21)22-11-15(20)17-9-13-5-1-2-7-16(13)23-17/h1-9H,11H2. The third-order valence-corrected chi connectivity index (χ3v) is 3.26. The predicted molar refractivity (Wildman–Crippen MR) is 82.0 cm³/mol. The minimum absolute atomic E-state index is 0.143. The maximum atomic E-state index is 12.0. The summed E-state index contributed by atoms with van der Waals surface area (Å²) in [5.41, 5.74) is 1.17. The van der Waals surface area contributed by atoms with E-state index in [0.29, 0.717) is 11.1 Å². The van der Waals surface area contributed by atoms with Crippen LogP contribution in [-0.2, 0) is 4.74 Å². The number of para-hydroxylation sites is 1. The van der Waals surface area contributed by atoms with Crippen molar-refractivity contribution < 1.29 is 18.7 Å². The minimum Gasteiger partial charge on any atom is -0.454 e. The summed E-state index contributed by atoms with van der Waals surface area (Å²) in [7, 11) is 0. The molecule has 112 valence electrons. The maximum Gasteiger partial charge on any atom is 0.338 e. The lowest BCUT2D eigenvalue weighted by molar-refractivity contribution is 0.0468. The fourth-order valence-electron chi connectivity index (χ4n) is 2.12. The summed E-state index contributed by atoms with van der Waals surface area (Å²) < 4.78 is 10.4. The number of furan rings is 1. The van der Waals surface area contributed by atoms with Crippen molar-refractivity contribution in [2.75, 3.05) is 6.61 Å². The molecule has 3 rings (SSSR count). The number of Topliss-reactive ketones (excluding diaryl/α,β-unsaturated/α-hetero) is 1. The van der Waals surface area contributed by atoms with Crippen molar-refractivity contribution in [3.8, 4) is 6.07 Å². The molecule has 1 aromatic heterocycles. The van der Waals surface area contributed by atoms with Crippen molar-refractivity contribution in [3.63, 3.8) is 0 Å². The van der Waals surface area contributed by atoms with E-state index in [0.717, 1.165) is 5.39 Å². The number of hydrogen-bond acceptors (Lipinski definition) is 5. The molecule has 3 aromatic rings. The zero-order chi connectivity index (χ0) is 16.2. The van der Waals surface area contributed by atoms with Gasteiger partial charge in [-0.1, -0.05) is 24.3 Å². The monoisotopic (exact) mass is 305 g/mol. The number of ketones is 1. The summed E-state index contributed by atoms with van der Waals surface area (Å²) in [5, 5.41) is 9.62. The molecule has 0 aliphatic carbocycles. The molecule has 0 amide bonds. The van der Waals surface area contributed by atoms with E-state index in [1.165, 1.54) is 12.1 Å². The lowest BCUT2D eigenvalue weighted by atomic mass is 10.1. The van der Waals surface area contributed by atoms with Gasteiger partial charge in [0.2, 0.25) is 5.78 Å². The highest BCUT2D eigenvalue weighted by Gasteiger charge is 2.15. The van der Waals surface area contributed by atoms with E-state index in [2.05, 4.69) is 0 Å². The molecule has 0 aliphatic rings. The van der Waals surface area contributed by atoms with Gasteiger partial charge in [0.15, 0.2) is 12.4 Å². The number of carbonyl (C=O) groups excluding carboxylic acids is 2. The third-order valence-electron chi connectivity index (χ3n) is 3.26. The second-order valence-electron chi connectivity index (χ2n) is 4.84. The first-order valence-corrected chi connectivity index (χ1v) is 6.86. The van der Waals surface area contributed by atoms with Crippen molar-refractivity contribution in [2.24, 2.45) is 0 Å². The van der Waals surface area contributed by atoms with Gasteiger partial charge in [-0.15, -0.1) is 0 Å². The van der Waals surface area contributed by atoms with Crippen molar-refractivity contribution in [1.29, 1.82) is 5.26 Å². The highest BCUT2D eigenvalue weighted by Crippen LogP contribution is 2.19. The Morgan fingerprint density at radius 1 is 1.09 bits per heavy atom. The van der Waals surface area contributed by atoms with Crippen LogP contribution in [0.5, 0.6) is 0 Å². The largest absolute Gasteiger partial charge is 0.454 e. The van der Waals surface area contributed by atoms with Gasteiger partial charge in [0, 0.05) is 5.39 Å². The fourth-order valence-corrected chi connectivity index (χ4v) is 2.12. The van der Waals surface area contributed by atoms with Crippen LogP contribution < -0.4 is 0 Å². The molecule has 2 aromatic carbocycles. The molecular formula is C18H11NO4. The Hall–Kier alpha value is -3.39. The van der Waals surface area contributed by atoms with Gasteiger partial charge in [-0.25, -0.2) is 4.79 Å². The number of esters is 1. The van der Waals surface area contributed by atoms with Gasteiger partial charge in [-0.2, -0.15) is 5.26 Å². The van der Waals surface area contributed by atoms with Gasteiger partial charge in [0.25, 0.3) is 0 Å². The zero-order valence-corrected chi connectivity index (χ0v) is 12.0. The number of ether oxygens (including phenoxy) is 1. The molecule has 0 unspecified atom stereocenters. The summed E-state index contributed by atoms with van der Waals surface area (Å²) in [6.07, 6.45) is 0. The summed E-state index contributed by atoms with van der Waals surface area (Å²) in [6.45, 7) is -0.421. The molecule has 0 fully saturated rings. The summed E-state index contributed by atoms with van der Waals surface area (Å²) in [6, 6.07) is 16.9. The van der Waals surface area contributed by atoms with Crippen LogP contribution in [0.25, 0.3) is 11.0 Å². The molecule has 1 heterocycles. The molecular weight excluding hydrogens is 294 g/mol. The van der Waals surface area contributed by atoms with Crippen LogP contribution in [0.3, 0.4) is 0 Å². The van der Waals surface area contributed by atoms with Crippen molar-refractivity contribution >= 4 is 22.7 Å². The first-order valence-electron chi connectivity index (χ1n) is 6.86. The molecule has 0 saturated carbocycles. The van der Waals surface area contributed by atoms with Crippen LogP contribution in [0.15, 0.2) is 59.0 Å². The van der Waals surface area contributed by atoms with Gasteiger partial charge < -0.3 is 9.15 Å². The van der Waals surface area contributed by atoms with Crippen LogP contribution in [0.4, 0.5) is 0 Å². The van der Waals surface area contributed by atoms with Crippen molar-refractivity contribution in [1.82, 2.24) is 0 Å². The topological polar surface area (TPSA) is 80.3 Å². The first kappa shape index (κ1) is 14.5. The molecule has 0 N–H and O–H groups in total. The van der Waals surface area contributed by atoms with Crippen molar-refractivity contribution in [3.05, 3.63) is 71.5 Å². The smallest absolute Gasteiger partial charge is 0.338 e. The number of rotatable bonds is 4. The highest BCUT2D eigenvalue weighted by molar-refractivity contribution is 6.00. The lowest BCUT2D eigenvalue weighted by Crippen LogP contribution is -2.13. The Balaban J connectivity index is 1.68. The van der Waals surface area contributed by atoms with Crippen LogP contribution in [0, 0.1) is 11.3 Å². The van der Waals surface area contributed by atoms with E-state index in [1.54, 1.807) is 24.3 Å². The molecule has 0 atom stereocenters. The van der Waals surface area contributed by atoms with E-state index >= 15 is 0 Å². The SMILES string of the molecule is N#Cc1cccc(C(=O)OCC(=O)c2cc3ccccc3o2)c1. The average Bonchev–Trinajstić information content (AvgIpc) is 3.03. The summed E-state index contributed by atoms with van der Waals surface area (Å²) in [5.74, 6) is -0.942. The molecule has 23 heavy (non-hydrogen) atoms. The summed E-state index contributed by atoms with van der Waals surface area (Å²) >= 11 is 0. The van der Waals surface area contributed by atoms with Crippen LogP contribution >= 0.6 is 0 Å². The number of fused-ring (bicyclic) bond motifs is 1. The molecule has 0 radical (unpaired) electrons. The fraction of sp³-hybridized carbons (Fsp3) is 0.0556. The summed E-state index contributed by atoms with van der Waals surface area (Å²) in [4.78, 5) is 24.0. The Bertz CT molecular complexity index is 900. The van der Waals surface area contributed by atoms with Gasteiger partial charge in [-0.3, -0.25) is 4.79 Å². The molecule has 5 nitrogen and oxygen atoms in total. The van der Waals surface area contributed by atoms with E-state index < -0.39 is 18.4 Å². The van der Waals surface area contributed by atoms with Crippen LogP contribution in [0.2, 0.25) is 0 Å². The van der Waals surface area contributed by atoms with Gasteiger partial charge in [0.05, 0.1) is 17.2 Å². The number of carbonyl (C=O) groups is 2. The lowest BCUT2D eigenvalue weighted by Gasteiger charge is -2.03. The number of benzene rings is 2. The predicted octanol–water partition coefficient (Wildman–Crippen LogP) is 3.34.